The highest BCUT2D eigenvalue weighted by Gasteiger charge is 2.19. The van der Waals surface area contributed by atoms with Gasteiger partial charge in [-0.1, -0.05) is 0 Å². The number of rotatable bonds is 14. The molecule has 0 unspecified atom stereocenters. The first-order chi connectivity index (χ1) is 15.0. The van der Waals surface area contributed by atoms with E-state index in [1.165, 1.54) is 38.5 Å². The number of methoxy groups -OCH3 is 2. The Kier molecular flexibility index (Phi) is 11.8. The predicted octanol–water partition coefficient (Wildman–Crippen LogP) is 3.45. The summed E-state index contributed by atoms with van der Waals surface area (Å²) in [7, 11) is -0.717. The minimum absolute atomic E-state index is 0.0285. The molecule has 0 aromatic heterocycles. The number of carbonyl (C=O) groups excluding carboxylic acids is 1. The highest BCUT2D eigenvalue weighted by atomic mass is 32.2. The highest BCUT2D eigenvalue weighted by Crippen LogP contribution is 2.19. The molecular weight excluding hydrogens is 443 g/mol. The number of carbonyl (C=O) groups is 1. The van der Waals surface area contributed by atoms with Crippen LogP contribution in [0.5, 0.6) is 5.75 Å². The first kappa shape index (κ1) is 28.0. The molecule has 0 bridgehead atoms. The van der Waals surface area contributed by atoms with E-state index in [0.717, 1.165) is 0 Å². The van der Waals surface area contributed by atoms with Crippen molar-refractivity contribution in [1.82, 2.24) is 0 Å². The Morgan fingerprint density at radius 2 is 1.66 bits per heavy atom. The molecule has 10 heteroatoms. The van der Waals surface area contributed by atoms with Crippen LogP contribution in [0.4, 0.5) is 4.39 Å². The van der Waals surface area contributed by atoms with Crippen LogP contribution in [0.3, 0.4) is 0 Å². The fourth-order valence-corrected chi connectivity index (χ4v) is 3.56. The Hall–Kier alpha value is -2.01. The number of esters is 1. The zero-order chi connectivity index (χ0) is 24.2. The molecule has 0 aliphatic heterocycles. The fraction of sp³-hybridized carbons (Fsp3) is 0.591. The smallest absolute Gasteiger partial charge is 0.306 e. The molecule has 8 nitrogen and oxygen atoms in total. The van der Waals surface area contributed by atoms with Gasteiger partial charge in [0, 0.05) is 20.6 Å². The lowest BCUT2D eigenvalue weighted by Gasteiger charge is -2.19. The molecular formula is C22H33FO8S. The zero-order valence-electron chi connectivity index (χ0n) is 19.3. The Labute approximate surface area is 189 Å². The Balaban J connectivity index is 2.59. The standard InChI is InChI=1S/C22H33FO8S/c1-22(2,3)31-21(24)11-6-17(12-23)13-29-18-7-9-20(10-8-18)32(25,26)16-30-19(14-27-4)15-28-5/h7-10,12,19H,6,11,13-16H2,1-5H3/b17-12+. The number of hydrogen-bond acceptors (Lipinski definition) is 8. The van der Waals surface area contributed by atoms with E-state index in [1.807, 2.05) is 0 Å². The minimum atomic E-state index is -3.69. The van der Waals surface area contributed by atoms with Crippen molar-refractivity contribution in [2.45, 2.75) is 50.2 Å². The van der Waals surface area contributed by atoms with E-state index in [-0.39, 0.29) is 43.1 Å². The van der Waals surface area contributed by atoms with Gasteiger partial charge in [-0.05, 0) is 57.0 Å². The minimum Gasteiger partial charge on any atom is -0.489 e. The molecule has 0 radical (unpaired) electrons. The third kappa shape index (κ3) is 11.0. The van der Waals surface area contributed by atoms with E-state index in [1.54, 1.807) is 20.8 Å². The molecule has 32 heavy (non-hydrogen) atoms. The van der Waals surface area contributed by atoms with Crippen LogP contribution < -0.4 is 4.74 Å². The van der Waals surface area contributed by atoms with E-state index in [4.69, 9.17) is 23.7 Å². The summed E-state index contributed by atoms with van der Waals surface area (Å²) in [5.74, 6) is -0.589. The summed E-state index contributed by atoms with van der Waals surface area (Å²) >= 11 is 0. The van der Waals surface area contributed by atoms with Crippen LogP contribution in [0.15, 0.2) is 41.1 Å². The number of sulfone groups is 1. The second-order valence-electron chi connectivity index (χ2n) is 8.05. The summed E-state index contributed by atoms with van der Waals surface area (Å²) in [5, 5.41) is 0. The van der Waals surface area contributed by atoms with Crippen molar-refractivity contribution in [3.05, 3.63) is 36.2 Å². The van der Waals surface area contributed by atoms with Gasteiger partial charge < -0.3 is 23.7 Å². The molecule has 0 spiro atoms. The largest absolute Gasteiger partial charge is 0.489 e. The van der Waals surface area contributed by atoms with Crippen molar-refractivity contribution in [2.24, 2.45) is 0 Å². The molecule has 1 rings (SSSR count). The Morgan fingerprint density at radius 1 is 1.06 bits per heavy atom. The van der Waals surface area contributed by atoms with E-state index < -0.39 is 33.5 Å². The van der Waals surface area contributed by atoms with Crippen LogP contribution in [0.2, 0.25) is 0 Å². The first-order valence-corrected chi connectivity index (χ1v) is 11.7. The van der Waals surface area contributed by atoms with Gasteiger partial charge in [0.15, 0.2) is 5.94 Å². The summed E-state index contributed by atoms with van der Waals surface area (Å²) in [6.07, 6.45) is 0.0748. The number of halogens is 1. The van der Waals surface area contributed by atoms with Gasteiger partial charge in [-0.3, -0.25) is 4.79 Å². The van der Waals surface area contributed by atoms with E-state index >= 15 is 0 Å². The lowest BCUT2D eigenvalue weighted by atomic mass is 10.1. The zero-order valence-corrected chi connectivity index (χ0v) is 20.1. The average molecular weight is 477 g/mol. The monoisotopic (exact) mass is 476 g/mol. The van der Waals surface area contributed by atoms with Crippen LogP contribution >= 0.6 is 0 Å². The van der Waals surface area contributed by atoms with Gasteiger partial charge in [0.1, 0.15) is 24.1 Å². The van der Waals surface area contributed by atoms with Crippen molar-refractivity contribution in [3.8, 4) is 5.75 Å². The topological polar surface area (TPSA) is 97.4 Å². The Morgan fingerprint density at radius 3 is 2.16 bits per heavy atom. The van der Waals surface area contributed by atoms with Crippen LogP contribution in [-0.4, -0.2) is 66.1 Å². The summed E-state index contributed by atoms with van der Waals surface area (Å²) < 4.78 is 64.1. The van der Waals surface area contributed by atoms with Crippen molar-refractivity contribution in [3.63, 3.8) is 0 Å². The van der Waals surface area contributed by atoms with E-state index in [0.29, 0.717) is 12.1 Å². The predicted molar refractivity (Wildman–Crippen MR) is 117 cm³/mol. The third-order valence-corrected chi connectivity index (χ3v) is 5.43. The third-order valence-electron chi connectivity index (χ3n) is 4.00. The molecule has 0 heterocycles. The SMILES string of the molecule is COCC(COC)OCS(=O)(=O)c1ccc(OC/C(=C/F)CCC(=O)OC(C)(C)C)cc1. The molecule has 0 fully saturated rings. The maximum Gasteiger partial charge on any atom is 0.306 e. The molecule has 0 N–H and O–H groups in total. The molecule has 1 aromatic rings. The number of benzene rings is 1. The average Bonchev–Trinajstić information content (AvgIpc) is 2.71. The normalized spacial score (nSPS) is 12.8. The molecule has 0 aliphatic carbocycles. The summed E-state index contributed by atoms with van der Waals surface area (Å²) in [4.78, 5) is 11.8. The van der Waals surface area contributed by atoms with Gasteiger partial charge in [0.05, 0.1) is 24.4 Å². The quantitative estimate of drug-likeness (QED) is 0.377. The van der Waals surface area contributed by atoms with E-state index in [2.05, 4.69) is 0 Å². The Bertz CT molecular complexity index is 822. The first-order valence-electron chi connectivity index (χ1n) is 10.1. The van der Waals surface area contributed by atoms with Crippen molar-refractivity contribution in [1.29, 1.82) is 0 Å². The second kappa shape index (κ2) is 13.5. The van der Waals surface area contributed by atoms with Gasteiger partial charge in [0.2, 0.25) is 9.84 Å². The molecule has 0 saturated heterocycles. The molecule has 1 aromatic carbocycles. The van der Waals surface area contributed by atoms with Crippen LogP contribution in [-0.2, 0) is 33.6 Å². The fourth-order valence-electron chi connectivity index (χ4n) is 2.50. The summed E-state index contributed by atoms with van der Waals surface area (Å²) in [6.45, 7) is 5.60. The number of hydrogen-bond donors (Lipinski definition) is 0. The maximum atomic E-state index is 13.1. The second-order valence-corrected chi connectivity index (χ2v) is 9.98. The highest BCUT2D eigenvalue weighted by molar-refractivity contribution is 7.91. The molecule has 0 atom stereocenters. The lowest BCUT2D eigenvalue weighted by molar-refractivity contribution is -0.154. The van der Waals surface area contributed by atoms with Crippen LogP contribution in [0.25, 0.3) is 0 Å². The van der Waals surface area contributed by atoms with Gasteiger partial charge in [-0.15, -0.1) is 0 Å². The van der Waals surface area contributed by atoms with Gasteiger partial charge >= 0.3 is 5.97 Å². The van der Waals surface area contributed by atoms with Crippen LogP contribution in [0.1, 0.15) is 33.6 Å². The van der Waals surface area contributed by atoms with Crippen molar-refractivity contribution >= 4 is 15.8 Å². The van der Waals surface area contributed by atoms with Crippen molar-refractivity contribution in [2.75, 3.05) is 40.0 Å². The van der Waals surface area contributed by atoms with Crippen LogP contribution in [0, 0.1) is 0 Å². The molecule has 182 valence electrons. The van der Waals surface area contributed by atoms with Gasteiger partial charge in [0.25, 0.3) is 0 Å². The molecule has 0 amide bonds. The van der Waals surface area contributed by atoms with Gasteiger partial charge in [-0.25, -0.2) is 12.8 Å². The van der Waals surface area contributed by atoms with E-state index in [9.17, 15) is 17.6 Å². The summed E-state index contributed by atoms with van der Waals surface area (Å²) in [6, 6.07) is 5.71. The van der Waals surface area contributed by atoms with Gasteiger partial charge in [-0.2, -0.15) is 0 Å². The number of ether oxygens (including phenoxy) is 5. The molecule has 0 aliphatic rings. The molecule has 0 saturated carbocycles. The van der Waals surface area contributed by atoms with Crippen molar-refractivity contribution < 1.29 is 41.3 Å². The summed E-state index contributed by atoms with van der Waals surface area (Å²) in [5.41, 5.74) is -0.322. The maximum absolute atomic E-state index is 13.1. The lowest BCUT2D eigenvalue weighted by Crippen LogP contribution is -2.27.